The molecule has 0 aliphatic heterocycles. The van der Waals surface area contributed by atoms with Gasteiger partial charge in [-0.25, -0.2) is 13.1 Å². The molecule has 1 unspecified atom stereocenters. The monoisotopic (exact) mass is 221 g/mol. The Kier molecular flexibility index (Phi) is 5.09. The molecule has 0 saturated carbocycles. The molecule has 0 aromatic heterocycles. The minimum atomic E-state index is -3.08. The van der Waals surface area contributed by atoms with E-state index in [0.29, 0.717) is 0 Å². The van der Waals surface area contributed by atoms with Crippen LogP contribution >= 0.6 is 0 Å². The second-order valence-corrected chi connectivity index (χ2v) is 6.75. The summed E-state index contributed by atoms with van der Waals surface area (Å²) in [5.74, 6) is 0.240. The maximum atomic E-state index is 11.5. The Morgan fingerprint density at radius 1 is 1.29 bits per heavy atom. The highest BCUT2D eigenvalue weighted by atomic mass is 32.2. The van der Waals surface area contributed by atoms with E-state index < -0.39 is 10.0 Å². The van der Waals surface area contributed by atoms with Crippen molar-refractivity contribution >= 4 is 10.0 Å². The maximum Gasteiger partial charge on any atom is 0.211 e. The first kappa shape index (κ1) is 13.9. The average molecular weight is 221 g/mol. The van der Waals surface area contributed by atoms with E-state index in [1.54, 1.807) is 0 Å². The number of hydrogen-bond acceptors (Lipinski definition) is 2. The van der Waals surface area contributed by atoms with E-state index in [-0.39, 0.29) is 17.2 Å². The van der Waals surface area contributed by atoms with Gasteiger partial charge in [-0.1, -0.05) is 34.1 Å². The van der Waals surface area contributed by atoms with Gasteiger partial charge in [0, 0.05) is 6.04 Å². The van der Waals surface area contributed by atoms with Gasteiger partial charge in [-0.15, -0.1) is 0 Å². The first-order valence-electron chi connectivity index (χ1n) is 5.19. The van der Waals surface area contributed by atoms with Gasteiger partial charge in [0.15, 0.2) is 0 Å². The minimum Gasteiger partial charge on any atom is -0.212 e. The third-order valence-electron chi connectivity index (χ3n) is 2.42. The highest BCUT2D eigenvalue weighted by Gasteiger charge is 2.24. The summed E-state index contributed by atoms with van der Waals surface area (Å²) in [7, 11) is -3.08. The zero-order valence-electron chi connectivity index (χ0n) is 9.92. The first-order chi connectivity index (χ1) is 6.19. The summed E-state index contributed by atoms with van der Waals surface area (Å²) < 4.78 is 25.8. The fraction of sp³-hybridized carbons (Fsp3) is 1.00. The molecule has 3 nitrogen and oxygen atoms in total. The molecule has 0 heterocycles. The van der Waals surface area contributed by atoms with Crippen LogP contribution in [0.15, 0.2) is 0 Å². The van der Waals surface area contributed by atoms with Crippen LogP contribution in [0.2, 0.25) is 0 Å². The summed E-state index contributed by atoms with van der Waals surface area (Å²) in [5, 5.41) is 0. The number of rotatable bonds is 5. The van der Waals surface area contributed by atoms with E-state index >= 15 is 0 Å². The van der Waals surface area contributed by atoms with Crippen LogP contribution < -0.4 is 4.72 Å². The lowest BCUT2D eigenvalue weighted by atomic mass is 9.89. The van der Waals surface area contributed by atoms with Crippen molar-refractivity contribution in [3.8, 4) is 0 Å². The van der Waals surface area contributed by atoms with Crippen molar-refractivity contribution in [2.24, 2.45) is 5.41 Å². The summed E-state index contributed by atoms with van der Waals surface area (Å²) >= 11 is 0. The molecule has 0 rings (SSSR count). The molecule has 0 aromatic carbocycles. The number of sulfonamides is 1. The molecule has 1 N–H and O–H groups in total. The molecular weight excluding hydrogens is 198 g/mol. The van der Waals surface area contributed by atoms with Gasteiger partial charge in [0.2, 0.25) is 10.0 Å². The molecule has 0 aliphatic carbocycles. The van der Waals surface area contributed by atoms with Crippen LogP contribution in [0, 0.1) is 5.41 Å². The van der Waals surface area contributed by atoms with Gasteiger partial charge in [-0.05, 0) is 18.8 Å². The van der Waals surface area contributed by atoms with Gasteiger partial charge in [0.05, 0.1) is 5.75 Å². The number of unbranched alkanes of at least 4 members (excludes halogenated alkanes) is 1. The van der Waals surface area contributed by atoms with Crippen molar-refractivity contribution < 1.29 is 8.42 Å². The van der Waals surface area contributed by atoms with Crippen molar-refractivity contribution in [2.75, 3.05) is 5.75 Å². The number of hydrogen-bond donors (Lipinski definition) is 1. The smallest absolute Gasteiger partial charge is 0.211 e. The molecule has 86 valence electrons. The Morgan fingerprint density at radius 3 is 2.14 bits per heavy atom. The normalized spacial score (nSPS) is 15.5. The van der Waals surface area contributed by atoms with Crippen LogP contribution in [0.25, 0.3) is 0 Å². The lowest BCUT2D eigenvalue weighted by Crippen LogP contribution is -2.42. The van der Waals surface area contributed by atoms with E-state index in [0.717, 1.165) is 12.8 Å². The Labute approximate surface area is 88.3 Å². The molecular formula is C10H23NO2S. The van der Waals surface area contributed by atoms with E-state index in [2.05, 4.69) is 4.72 Å². The SMILES string of the molecule is CCCCS(=O)(=O)NC(C)C(C)(C)C. The van der Waals surface area contributed by atoms with Gasteiger partial charge >= 0.3 is 0 Å². The highest BCUT2D eigenvalue weighted by Crippen LogP contribution is 2.19. The quantitative estimate of drug-likeness (QED) is 0.773. The van der Waals surface area contributed by atoms with Crippen LogP contribution in [-0.2, 0) is 10.0 Å². The van der Waals surface area contributed by atoms with Gasteiger partial charge in [0.25, 0.3) is 0 Å². The molecule has 0 radical (unpaired) electrons. The lowest BCUT2D eigenvalue weighted by molar-refractivity contribution is 0.317. The van der Waals surface area contributed by atoms with E-state index in [1.807, 2.05) is 34.6 Å². The molecule has 0 fully saturated rings. The summed E-state index contributed by atoms with van der Waals surface area (Å²) in [5.41, 5.74) is -0.0285. The fourth-order valence-corrected chi connectivity index (χ4v) is 2.52. The van der Waals surface area contributed by atoms with Gasteiger partial charge in [-0.3, -0.25) is 0 Å². The van der Waals surface area contributed by atoms with Gasteiger partial charge in [0.1, 0.15) is 0 Å². The molecule has 14 heavy (non-hydrogen) atoms. The van der Waals surface area contributed by atoms with E-state index in [9.17, 15) is 8.42 Å². The molecule has 0 amide bonds. The molecule has 0 bridgehead atoms. The number of nitrogens with one attached hydrogen (secondary N) is 1. The van der Waals surface area contributed by atoms with Crippen LogP contribution in [0.3, 0.4) is 0 Å². The second kappa shape index (κ2) is 5.12. The van der Waals surface area contributed by atoms with Crippen molar-refractivity contribution in [1.82, 2.24) is 4.72 Å². The zero-order chi connectivity index (χ0) is 11.4. The van der Waals surface area contributed by atoms with Crippen molar-refractivity contribution in [3.63, 3.8) is 0 Å². The van der Waals surface area contributed by atoms with Crippen LogP contribution in [0.1, 0.15) is 47.5 Å². The van der Waals surface area contributed by atoms with Crippen LogP contribution in [-0.4, -0.2) is 20.2 Å². The summed E-state index contributed by atoms with van der Waals surface area (Å²) in [6.45, 7) is 9.98. The summed E-state index contributed by atoms with van der Waals surface area (Å²) in [4.78, 5) is 0. The highest BCUT2D eigenvalue weighted by molar-refractivity contribution is 7.89. The standard InChI is InChI=1S/C10H23NO2S/c1-6-7-8-14(12,13)11-9(2)10(3,4)5/h9,11H,6-8H2,1-5H3. The van der Waals surface area contributed by atoms with Crippen LogP contribution in [0.4, 0.5) is 0 Å². The van der Waals surface area contributed by atoms with Gasteiger partial charge < -0.3 is 0 Å². The topological polar surface area (TPSA) is 46.2 Å². The Bertz CT molecular complexity index is 252. The third kappa shape index (κ3) is 5.60. The third-order valence-corrected chi connectivity index (χ3v) is 3.96. The summed E-state index contributed by atoms with van der Waals surface area (Å²) in [6, 6.07) is -0.0237. The molecule has 0 saturated heterocycles. The maximum absolute atomic E-state index is 11.5. The largest absolute Gasteiger partial charge is 0.212 e. The summed E-state index contributed by atoms with van der Waals surface area (Å²) in [6.07, 6.45) is 1.64. The molecule has 1 atom stereocenters. The van der Waals surface area contributed by atoms with Crippen molar-refractivity contribution in [3.05, 3.63) is 0 Å². The lowest BCUT2D eigenvalue weighted by Gasteiger charge is -2.27. The Hall–Kier alpha value is -0.0900. The minimum absolute atomic E-state index is 0.0237. The van der Waals surface area contributed by atoms with Crippen LogP contribution in [0.5, 0.6) is 0 Å². The molecule has 0 spiro atoms. The first-order valence-corrected chi connectivity index (χ1v) is 6.84. The second-order valence-electron chi connectivity index (χ2n) is 4.88. The predicted octanol–water partition coefficient (Wildman–Crippen LogP) is 2.14. The zero-order valence-corrected chi connectivity index (χ0v) is 10.7. The fourth-order valence-electron chi connectivity index (χ4n) is 0.839. The molecule has 0 aromatic rings. The van der Waals surface area contributed by atoms with Gasteiger partial charge in [-0.2, -0.15) is 0 Å². The Balaban J connectivity index is 4.23. The van der Waals surface area contributed by atoms with Crippen molar-refractivity contribution in [1.29, 1.82) is 0 Å². The van der Waals surface area contributed by atoms with E-state index in [1.165, 1.54) is 0 Å². The molecule has 0 aliphatic rings. The van der Waals surface area contributed by atoms with Crippen molar-refractivity contribution in [2.45, 2.75) is 53.5 Å². The average Bonchev–Trinajstić information content (AvgIpc) is 1.98. The molecule has 4 heteroatoms. The Morgan fingerprint density at radius 2 is 1.79 bits per heavy atom. The predicted molar refractivity (Wildman–Crippen MR) is 60.7 cm³/mol. The van der Waals surface area contributed by atoms with E-state index in [4.69, 9.17) is 0 Å².